The summed E-state index contributed by atoms with van der Waals surface area (Å²) >= 11 is 0. The van der Waals surface area contributed by atoms with Crippen molar-refractivity contribution in [2.75, 3.05) is 9.80 Å². The smallest absolute Gasteiger partial charge is 0.293 e. The van der Waals surface area contributed by atoms with Gasteiger partial charge in [0.1, 0.15) is 11.6 Å². The molecule has 0 saturated carbocycles. The maximum Gasteiger partial charge on any atom is 0.327 e. The molecule has 176 valence electrons. The van der Waals surface area contributed by atoms with Gasteiger partial charge in [-0.1, -0.05) is 0 Å². The molecule has 4 heterocycles. The molecule has 14 heteroatoms. The number of anilines is 2. The summed E-state index contributed by atoms with van der Waals surface area (Å²) in [5.41, 5.74) is -3.73. The summed E-state index contributed by atoms with van der Waals surface area (Å²) in [6.07, 6.45) is 0. The lowest BCUT2D eigenvalue weighted by Crippen LogP contribution is -2.45. The number of benzene rings is 2. The first-order valence-electron chi connectivity index (χ1n) is 10.2. The third kappa shape index (κ3) is 2.71. The Labute approximate surface area is 195 Å². The lowest BCUT2D eigenvalue weighted by atomic mass is 9.86. The fourth-order valence-electron chi connectivity index (χ4n) is 4.46. The number of carbonyl (C=O) groups is 4. The van der Waals surface area contributed by atoms with E-state index in [9.17, 15) is 38.4 Å². The highest BCUT2D eigenvalue weighted by atomic mass is 16.2. The quantitative estimate of drug-likeness (QED) is 0.263. The number of amides is 4. The van der Waals surface area contributed by atoms with Crippen molar-refractivity contribution in [3.05, 3.63) is 100 Å². The lowest BCUT2D eigenvalue weighted by Gasteiger charge is -2.31. The van der Waals surface area contributed by atoms with Gasteiger partial charge in [-0.3, -0.25) is 48.7 Å². The SMILES string of the molecule is O=C1c2ccc3c4c(ccc(c24)C(=O)N1c1cc(=O)[nH]c(=O)[nH]1)C(=O)N(c1cc(=O)[nH]c(=O)[nH]1)C3=O. The molecule has 4 aromatic rings. The first-order chi connectivity index (χ1) is 17.2. The number of hydrogen-bond acceptors (Lipinski definition) is 8. The van der Waals surface area contributed by atoms with E-state index in [1.165, 1.54) is 24.3 Å². The Bertz CT molecular complexity index is 1710. The minimum absolute atomic E-state index is 0.0455. The van der Waals surface area contributed by atoms with Crippen LogP contribution in [0, 0.1) is 0 Å². The molecule has 2 aliphatic heterocycles. The standard InChI is InChI=1S/C22H10N6O8/c29-13-5-11(23-21(35)25-13)27-17(31)7-1-2-8-16-10(4-3-9(15(7)16)19(27)33)20(34)28(18(8)32)12-6-14(30)26-22(36)24-12/h1-6H,(H2,23,25,29,35)(H2,24,26,30,36). The molecule has 0 bridgehead atoms. The van der Waals surface area contributed by atoms with E-state index in [1.54, 1.807) is 0 Å². The van der Waals surface area contributed by atoms with Crippen LogP contribution < -0.4 is 32.3 Å². The third-order valence-corrected chi connectivity index (χ3v) is 5.87. The van der Waals surface area contributed by atoms with Gasteiger partial charge >= 0.3 is 11.4 Å². The molecule has 0 saturated heterocycles. The van der Waals surface area contributed by atoms with Crippen LogP contribution in [0.2, 0.25) is 0 Å². The molecule has 14 nitrogen and oxygen atoms in total. The minimum atomic E-state index is -0.928. The van der Waals surface area contributed by atoms with E-state index in [4.69, 9.17) is 0 Å². The van der Waals surface area contributed by atoms with Crippen molar-refractivity contribution in [2.24, 2.45) is 0 Å². The van der Waals surface area contributed by atoms with Gasteiger partial charge < -0.3 is 0 Å². The Balaban J connectivity index is 1.58. The van der Waals surface area contributed by atoms with E-state index in [-0.39, 0.29) is 44.7 Å². The van der Waals surface area contributed by atoms with Gasteiger partial charge in [0.05, 0.1) is 0 Å². The molecule has 2 aromatic carbocycles. The summed E-state index contributed by atoms with van der Waals surface area (Å²) in [5, 5.41) is 0.0911. The first kappa shape index (κ1) is 20.9. The average molecular weight is 486 g/mol. The fraction of sp³-hybridized carbons (Fsp3) is 0. The van der Waals surface area contributed by atoms with Gasteiger partial charge in [-0.2, -0.15) is 0 Å². The Hall–Kier alpha value is -5.66. The number of imide groups is 2. The number of aromatic nitrogens is 4. The zero-order valence-corrected chi connectivity index (χ0v) is 17.6. The number of nitrogens with one attached hydrogen (secondary N) is 4. The van der Waals surface area contributed by atoms with Gasteiger partial charge in [0, 0.05) is 45.2 Å². The topological polar surface area (TPSA) is 206 Å². The first-order valence-corrected chi connectivity index (χ1v) is 10.2. The Kier molecular flexibility index (Phi) is 4.02. The van der Waals surface area contributed by atoms with E-state index >= 15 is 0 Å². The van der Waals surface area contributed by atoms with Crippen LogP contribution in [0.15, 0.2) is 55.6 Å². The molecule has 0 spiro atoms. The highest BCUT2D eigenvalue weighted by Gasteiger charge is 2.41. The van der Waals surface area contributed by atoms with Crippen molar-refractivity contribution in [3.8, 4) is 0 Å². The number of nitrogens with zero attached hydrogens (tertiary/aromatic N) is 2. The van der Waals surface area contributed by atoms with Crippen LogP contribution in [0.4, 0.5) is 11.6 Å². The van der Waals surface area contributed by atoms with Crippen LogP contribution in [-0.2, 0) is 0 Å². The predicted molar refractivity (Wildman–Crippen MR) is 122 cm³/mol. The van der Waals surface area contributed by atoms with Crippen molar-refractivity contribution in [1.82, 2.24) is 19.9 Å². The molecule has 4 N–H and O–H groups in total. The third-order valence-electron chi connectivity index (χ3n) is 5.87. The van der Waals surface area contributed by atoms with Crippen LogP contribution in [0.1, 0.15) is 41.4 Å². The number of hydrogen-bond donors (Lipinski definition) is 4. The molecule has 0 atom stereocenters. The number of H-pyrrole nitrogens is 4. The molecule has 6 rings (SSSR count). The van der Waals surface area contributed by atoms with Gasteiger partial charge in [0.2, 0.25) is 0 Å². The molecule has 2 aliphatic rings. The number of rotatable bonds is 2. The van der Waals surface area contributed by atoms with Crippen molar-refractivity contribution < 1.29 is 19.2 Å². The average Bonchev–Trinajstić information content (AvgIpc) is 2.80. The second-order valence-electron chi connectivity index (χ2n) is 7.91. The number of carbonyl (C=O) groups excluding carboxylic acids is 4. The zero-order chi connectivity index (χ0) is 25.5. The summed E-state index contributed by atoms with van der Waals surface area (Å²) < 4.78 is 0. The van der Waals surface area contributed by atoms with Gasteiger partial charge in [-0.05, 0) is 24.3 Å². The normalized spacial score (nSPS) is 14.7. The maximum atomic E-state index is 13.3. The van der Waals surface area contributed by atoms with Gasteiger partial charge in [0.15, 0.2) is 0 Å². The summed E-state index contributed by atoms with van der Waals surface area (Å²) in [6.45, 7) is 0. The molecule has 0 fully saturated rings. The Morgan fingerprint density at radius 2 is 0.750 bits per heavy atom. The van der Waals surface area contributed by atoms with Crippen molar-refractivity contribution >= 4 is 46.0 Å². The van der Waals surface area contributed by atoms with Gasteiger partial charge in [-0.15, -0.1) is 0 Å². The van der Waals surface area contributed by atoms with E-state index in [2.05, 4.69) is 9.97 Å². The maximum absolute atomic E-state index is 13.3. The van der Waals surface area contributed by atoms with Crippen LogP contribution in [0.25, 0.3) is 10.8 Å². The van der Waals surface area contributed by atoms with Gasteiger partial charge in [-0.25, -0.2) is 19.4 Å². The summed E-state index contributed by atoms with van der Waals surface area (Å²) in [4.78, 5) is 110. The minimum Gasteiger partial charge on any atom is -0.293 e. The Morgan fingerprint density at radius 1 is 0.444 bits per heavy atom. The molecule has 36 heavy (non-hydrogen) atoms. The molecular formula is C22H10N6O8. The van der Waals surface area contributed by atoms with E-state index in [0.717, 1.165) is 12.1 Å². The van der Waals surface area contributed by atoms with Gasteiger partial charge in [0.25, 0.3) is 34.7 Å². The largest absolute Gasteiger partial charge is 0.327 e. The fourth-order valence-corrected chi connectivity index (χ4v) is 4.46. The van der Waals surface area contributed by atoms with Crippen molar-refractivity contribution in [2.45, 2.75) is 0 Å². The number of aromatic amines is 4. The lowest BCUT2D eigenvalue weighted by molar-refractivity contribution is 0.0871. The van der Waals surface area contributed by atoms with E-state index in [1.807, 2.05) is 9.97 Å². The summed E-state index contributed by atoms with van der Waals surface area (Å²) in [7, 11) is 0. The molecule has 2 aromatic heterocycles. The monoisotopic (exact) mass is 486 g/mol. The van der Waals surface area contributed by atoms with Crippen molar-refractivity contribution in [1.29, 1.82) is 0 Å². The van der Waals surface area contributed by atoms with Crippen LogP contribution in [0.3, 0.4) is 0 Å². The highest BCUT2D eigenvalue weighted by molar-refractivity contribution is 6.41. The molecular weight excluding hydrogens is 476 g/mol. The predicted octanol–water partition coefficient (Wildman–Crippen LogP) is -0.806. The molecule has 4 amide bonds. The van der Waals surface area contributed by atoms with Crippen LogP contribution in [-0.4, -0.2) is 43.6 Å². The summed E-state index contributed by atoms with van der Waals surface area (Å²) in [5.74, 6) is -4.27. The van der Waals surface area contributed by atoms with E-state index in [0.29, 0.717) is 9.80 Å². The molecule has 0 aliphatic carbocycles. The Morgan fingerprint density at radius 3 is 1.03 bits per heavy atom. The van der Waals surface area contributed by atoms with Crippen LogP contribution >= 0.6 is 0 Å². The molecule has 0 radical (unpaired) electrons. The van der Waals surface area contributed by atoms with Crippen LogP contribution in [0.5, 0.6) is 0 Å². The molecule has 0 unspecified atom stereocenters. The zero-order valence-electron chi connectivity index (χ0n) is 17.6. The second-order valence-corrected chi connectivity index (χ2v) is 7.91. The van der Waals surface area contributed by atoms with E-state index < -0.39 is 46.1 Å². The summed E-state index contributed by atoms with van der Waals surface area (Å²) in [6, 6.07) is 6.82. The second kappa shape index (κ2) is 6.92. The highest BCUT2D eigenvalue weighted by Crippen LogP contribution is 2.39. The van der Waals surface area contributed by atoms with Crippen molar-refractivity contribution in [3.63, 3.8) is 0 Å².